The molecule has 0 atom stereocenters. The Labute approximate surface area is 130 Å². The number of carbonyl (C=O) groups is 1. The number of carbonyl (C=O) groups excluding carboxylic acids is 1. The summed E-state index contributed by atoms with van der Waals surface area (Å²) < 4.78 is 5.17. The van der Waals surface area contributed by atoms with Crippen LogP contribution in [-0.2, 0) is 4.79 Å². The largest absolute Gasteiger partial charge is 0.497 e. The van der Waals surface area contributed by atoms with Gasteiger partial charge in [-0.15, -0.1) is 11.8 Å². The predicted molar refractivity (Wildman–Crippen MR) is 88.6 cm³/mol. The zero-order valence-electron chi connectivity index (χ0n) is 12.8. The standard InChI is InChI=1S/C16H22N2O2S/c1-17(2)8-9-18-10-11-21-15(12-16(18)19)13-4-6-14(20-3)7-5-13/h4-7,12H,8-11H2,1-3H3. The Kier molecular flexibility index (Phi) is 5.70. The number of amides is 1. The summed E-state index contributed by atoms with van der Waals surface area (Å²) in [7, 11) is 5.70. The average Bonchev–Trinajstić information content (AvgIpc) is 2.67. The number of hydrogen-bond acceptors (Lipinski definition) is 4. The van der Waals surface area contributed by atoms with Gasteiger partial charge in [-0.05, 0) is 31.8 Å². The molecular weight excluding hydrogens is 284 g/mol. The fourth-order valence-electron chi connectivity index (χ4n) is 2.09. The van der Waals surface area contributed by atoms with Crippen molar-refractivity contribution in [3.63, 3.8) is 0 Å². The minimum Gasteiger partial charge on any atom is -0.497 e. The first-order valence-electron chi connectivity index (χ1n) is 7.02. The third-order valence-corrected chi connectivity index (χ3v) is 4.43. The molecule has 4 nitrogen and oxygen atoms in total. The van der Waals surface area contributed by atoms with E-state index < -0.39 is 0 Å². The van der Waals surface area contributed by atoms with Gasteiger partial charge in [0, 0.05) is 36.4 Å². The molecule has 0 fully saturated rings. The Hall–Kier alpha value is -1.46. The van der Waals surface area contributed by atoms with E-state index in [1.54, 1.807) is 24.9 Å². The Balaban J connectivity index is 2.09. The van der Waals surface area contributed by atoms with Crippen LogP contribution in [0.1, 0.15) is 5.56 Å². The smallest absolute Gasteiger partial charge is 0.247 e. The number of rotatable bonds is 5. The highest BCUT2D eigenvalue weighted by atomic mass is 32.2. The van der Waals surface area contributed by atoms with E-state index in [-0.39, 0.29) is 5.91 Å². The van der Waals surface area contributed by atoms with Crippen molar-refractivity contribution >= 4 is 22.6 Å². The molecule has 1 aliphatic rings. The second-order valence-corrected chi connectivity index (χ2v) is 6.35. The van der Waals surface area contributed by atoms with E-state index in [9.17, 15) is 4.79 Å². The van der Waals surface area contributed by atoms with Crippen LogP contribution in [0.25, 0.3) is 4.91 Å². The number of ether oxygens (including phenoxy) is 1. The quantitative estimate of drug-likeness (QED) is 0.835. The van der Waals surface area contributed by atoms with E-state index in [0.717, 1.165) is 41.6 Å². The fraction of sp³-hybridized carbons (Fsp3) is 0.438. The molecule has 1 heterocycles. The lowest BCUT2D eigenvalue weighted by molar-refractivity contribution is -0.125. The second-order valence-electron chi connectivity index (χ2n) is 5.21. The highest BCUT2D eigenvalue weighted by molar-refractivity contribution is 8.08. The molecule has 0 saturated heterocycles. The molecule has 0 aromatic heterocycles. The van der Waals surface area contributed by atoms with Crippen LogP contribution in [0.3, 0.4) is 0 Å². The number of hydrogen-bond donors (Lipinski definition) is 0. The van der Waals surface area contributed by atoms with Crippen molar-refractivity contribution in [2.45, 2.75) is 0 Å². The Morgan fingerprint density at radius 2 is 2.00 bits per heavy atom. The maximum Gasteiger partial charge on any atom is 0.247 e. The van der Waals surface area contributed by atoms with Gasteiger partial charge in [0.15, 0.2) is 0 Å². The summed E-state index contributed by atoms with van der Waals surface area (Å²) >= 11 is 1.74. The Morgan fingerprint density at radius 3 is 2.62 bits per heavy atom. The van der Waals surface area contributed by atoms with Crippen molar-refractivity contribution < 1.29 is 9.53 Å². The molecule has 114 valence electrons. The van der Waals surface area contributed by atoms with E-state index in [0.29, 0.717) is 0 Å². The highest BCUT2D eigenvalue weighted by Gasteiger charge is 2.17. The number of benzene rings is 1. The molecule has 2 rings (SSSR count). The van der Waals surface area contributed by atoms with Crippen molar-refractivity contribution in [1.29, 1.82) is 0 Å². The van der Waals surface area contributed by atoms with Gasteiger partial charge in [0.25, 0.3) is 0 Å². The van der Waals surface area contributed by atoms with Gasteiger partial charge in [-0.3, -0.25) is 4.79 Å². The molecule has 1 aromatic carbocycles. The molecule has 21 heavy (non-hydrogen) atoms. The lowest BCUT2D eigenvalue weighted by Crippen LogP contribution is -2.36. The number of likely N-dealkylation sites (N-methyl/N-ethyl adjacent to an activating group) is 1. The van der Waals surface area contributed by atoms with Gasteiger partial charge in [0.05, 0.1) is 7.11 Å². The molecule has 0 unspecified atom stereocenters. The van der Waals surface area contributed by atoms with Crippen molar-refractivity contribution in [2.24, 2.45) is 0 Å². The van der Waals surface area contributed by atoms with Gasteiger partial charge >= 0.3 is 0 Å². The normalized spacial score (nSPS) is 15.9. The molecule has 5 heteroatoms. The lowest BCUT2D eigenvalue weighted by atomic mass is 10.2. The first-order valence-corrected chi connectivity index (χ1v) is 8.01. The van der Waals surface area contributed by atoms with Gasteiger partial charge in [-0.2, -0.15) is 0 Å². The first-order chi connectivity index (χ1) is 10.1. The SMILES string of the molecule is COc1ccc(C2=CC(=O)N(CCN(C)C)CCS2)cc1. The molecule has 0 saturated carbocycles. The summed E-state index contributed by atoms with van der Waals surface area (Å²) in [6, 6.07) is 7.85. The summed E-state index contributed by atoms with van der Waals surface area (Å²) in [5.41, 5.74) is 1.07. The molecular formula is C16H22N2O2S. The molecule has 0 radical (unpaired) electrons. The Bertz CT molecular complexity index is 512. The minimum absolute atomic E-state index is 0.104. The highest BCUT2D eigenvalue weighted by Crippen LogP contribution is 2.30. The molecule has 0 bridgehead atoms. The monoisotopic (exact) mass is 306 g/mol. The second kappa shape index (κ2) is 7.52. The summed E-state index contributed by atoms with van der Waals surface area (Å²) in [5.74, 6) is 1.86. The van der Waals surface area contributed by atoms with E-state index in [1.165, 1.54) is 0 Å². The van der Waals surface area contributed by atoms with Crippen LogP contribution in [0.15, 0.2) is 30.3 Å². The molecule has 1 amide bonds. The van der Waals surface area contributed by atoms with Gasteiger partial charge in [-0.1, -0.05) is 12.1 Å². The van der Waals surface area contributed by atoms with Crippen LogP contribution in [-0.4, -0.2) is 62.3 Å². The number of thioether (sulfide) groups is 1. The molecule has 1 aromatic rings. The molecule has 1 aliphatic heterocycles. The first kappa shape index (κ1) is 15.9. The summed E-state index contributed by atoms with van der Waals surface area (Å²) in [6.45, 7) is 2.47. The van der Waals surface area contributed by atoms with Crippen LogP contribution in [0, 0.1) is 0 Å². The van der Waals surface area contributed by atoms with Crippen LogP contribution < -0.4 is 4.74 Å². The van der Waals surface area contributed by atoms with Crippen LogP contribution in [0.5, 0.6) is 5.75 Å². The van der Waals surface area contributed by atoms with Gasteiger partial charge in [0.2, 0.25) is 5.91 Å². The summed E-state index contributed by atoms with van der Waals surface area (Å²) in [5, 5.41) is 0. The van der Waals surface area contributed by atoms with Crippen LogP contribution in [0.4, 0.5) is 0 Å². The molecule has 0 aliphatic carbocycles. The maximum atomic E-state index is 12.3. The average molecular weight is 306 g/mol. The topological polar surface area (TPSA) is 32.8 Å². The predicted octanol–water partition coefficient (Wildman–Crippen LogP) is 2.17. The zero-order valence-corrected chi connectivity index (χ0v) is 13.7. The van der Waals surface area contributed by atoms with E-state index in [1.807, 2.05) is 43.3 Å². The van der Waals surface area contributed by atoms with E-state index in [2.05, 4.69) is 4.90 Å². The molecule has 0 N–H and O–H groups in total. The van der Waals surface area contributed by atoms with Crippen LogP contribution in [0.2, 0.25) is 0 Å². The lowest BCUT2D eigenvalue weighted by Gasteiger charge is -2.21. The molecule has 0 spiro atoms. The van der Waals surface area contributed by atoms with Crippen molar-refractivity contribution in [3.8, 4) is 5.75 Å². The van der Waals surface area contributed by atoms with E-state index in [4.69, 9.17) is 4.74 Å². The summed E-state index contributed by atoms with van der Waals surface area (Å²) in [4.78, 5) is 17.4. The van der Waals surface area contributed by atoms with Gasteiger partial charge in [0.1, 0.15) is 5.75 Å². The third-order valence-electron chi connectivity index (χ3n) is 3.38. The zero-order chi connectivity index (χ0) is 15.2. The third kappa shape index (κ3) is 4.51. The number of methoxy groups -OCH3 is 1. The van der Waals surface area contributed by atoms with Crippen molar-refractivity contribution in [3.05, 3.63) is 35.9 Å². The van der Waals surface area contributed by atoms with Crippen LogP contribution >= 0.6 is 11.8 Å². The fourth-order valence-corrected chi connectivity index (χ4v) is 3.10. The summed E-state index contributed by atoms with van der Waals surface area (Å²) in [6.07, 6.45) is 1.76. The van der Waals surface area contributed by atoms with E-state index >= 15 is 0 Å². The maximum absolute atomic E-state index is 12.3. The van der Waals surface area contributed by atoms with Gasteiger partial charge in [-0.25, -0.2) is 0 Å². The van der Waals surface area contributed by atoms with Gasteiger partial charge < -0.3 is 14.5 Å². The Morgan fingerprint density at radius 1 is 1.29 bits per heavy atom. The minimum atomic E-state index is 0.104. The number of nitrogens with zero attached hydrogens (tertiary/aromatic N) is 2. The van der Waals surface area contributed by atoms with Crippen molar-refractivity contribution in [2.75, 3.05) is 46.6 Å². The van der Waals surface area contributed by atoms with Crippen molar-refractivity contribution in [1.82, 2.24) is 9.80 Å².